The molecule has 0 aromatic heterocycles. The number of rotatable bonds is 8. The van der Waals surface area contributed by atoms with Gasteiger partial charge in [0.15, 0.2) is 23.9 Å². The molecular weight excluding hydrogens is 368 g/mol. The van der Waals surface area contributed by atoms with Crippen LogP contribution in [0.15, 0.2) is 78.9 Å². The number of methoxy groups -OCH3 is 1. The standard InChI is InChI=1S/C24H20O5/c1-28-23-15-20(12-14-22(23)29-16-24(26)27)21(25)13-9-17-7-10-19(11-8-17)18-5-3-2-4-6-18/h2-15H,16H2,1H3,(H,26,27)/b13-9+. The van der Waals surface area contributed by atoms with Crippen molar-refractivity contribution in [3.05, 3.63) is 90.0 Å². The third-order valence-electron chi connectivity index (χ3n) is 4.24. The monoisotopic (exact) mass is 388 g/mol. The molecule has 3 aromatic rings. The summed E-state index contributed by atoms with van der Waals surface area (Å²) in [7, 11) is 1.43. The predicted molar refractivity (Wildman–Crippen MR) is 111 cm³/mol. The first-order chi connectivity index (χ1) is 14.1. The van der Waals surface area contributed by atoms with Gasteiger partial charge < -0.3 is 14.6 Å². The number of carboxylic acid groups (broad SMARTS) is 1. The normalized spacial score (nSPS) is 10.7. The molecule has 0 heterocycles. The minimum absolute atomic E-state index is 0.194. The predicted octanol–water partition coefficient (Wildman–Crippen LogP) is 4.72. The van der Waals surface area contributed by atoms with Gasteiger partial charge in [0.05, 0.1) is 7.11 Å². The van der Waals surface area contributed by atoms with Crippen LogP contribution < -0.4 is 9.47 Å². The maximum atomic E-state index is 12.5. The van der Waals surface area contributed by atoms with E-state index in [1.165, 1.54) is 25.3 Å². The Bertz CT molecular complexity index is 1020. The van der Waals surface area contributed by atoms with Crippen LogP contribution in [0.2, 0.25) is 0 Å². The van der Waals surface area contributed by atoms with E-state index < -0.39 is 12.6 Å². The molecule has 0 unspecified atom stereocenters. The van der Waals surface area contributed by atoms with Crippen LogP contribution in [0.1, 0.15) is 15.9 Å². The summed E-state index contributed by atoms with van der Waals surface area (Å²) in [4.78, 5) is 23.1. The highest BCUT2D eigenvalue weighted by molar-refractivity contribution is 6.07. The summed E-state index contributed by atoms with van der Waals surface area (Å²) in [5.41, 5.74) is 3.57. The van der Waals surface area contributed by atoms with Crippen molar-refractivity contribution >= 4 is 17.8 Å². The molecular formula is C24H20O5. The molecule has 1 N–H and O–H groups in total. The number of allylic oxidation sites excluding steroid dienone is 1. The highest BCUT2D eigenvalue weighted by atomic mass is 16.5. The third-order valence-corrected chi connectivity index (χ3v) is 4.24. The average Bonchev–Trinajstić information content (AvgIpc) is 2.76. The van der Waals surface area contributed by atoms with Crippen molar-refractivity contribution in [2.45, 2.75) is 0 Å². The number of hydrogen-bond donors (Lipinski definition) is 1. The molecule has 3 rings (SSSR count). The number of aliphatic carboxylic acids is 1. The van der Waals surface area contributed by atoms with E-state index in [1.54, 1.807) is 12.1 Å². The lowest BCUT2D eigenvalue weighted by atomic mass is 10.0. The van der Waals surface area contributed by atoms with Crippen molar-refractivity contribution in [3.8, 4) is 22.6 Å². The number of benzene rings is 3. The zero-order chi connectivity index (χ0) is 20.6. The van der Waals surface area contributed by atoms with Crippen LogP contribution in [-0.4, -0.2) is 30.6 Å². The molecule has 0 saturated carbocycles. The lowest BCUT2D eigenvalue weighted by Gasteiger charge is -2.10. The highest BCUT2D eigenvalue weighted by Gasteiger charge is 2.10. The Hall–Kier alpha value is -3.86. The first kappa shape index (κ1) is 19.9. The van der Waals surface area contributed by atoms with Crippen molar-refractivity contribution < 1.29 is 24.2 Å². The summed E-state index contributed by atoms with van der Waals surface area (Å²) in [6.07, 6.45) is 3.24. The van der Waals surface area contributed by atoms with Gasteiger partial charge in [-0.05, 0) is 41.0 Å². The molecule has 5 nitrogen and oxygen atoms in total. The van der Waals surface area contributed by atoms with Gasteiger partial charge in [-0.1, -0.05) is 60.7 Å². The van der Waals surface area contributed by atoms with E-state index in [2.05, 4.69) is 0 Å². The van der Waals surface area contributed by atoms with Gasteiger partial charge in [-0.3, -0.25) is 4.79 Å². The smallest absolute Gasteiger partial charge is 0.341 e. The fraction of sp³-hybridized carbons (Fsp3) is 0.0833. The van der Waals surface area contributed by atoms with Crippen molar-refractivity contribution in [2.75, 3.05) is 13.7 Å². The van der Waals surface area contributed by atoms with Crippen molar-refractivity contribution in [2.24, 2.45) is 0 Å². The lowest BCUT2D eigenvalue weighted by Crippen LogP contribution is -2.10. The Balaban J connectivity index is 1.70. The van der Waals surface area contributed by atoms with E-state index in [9.17, 15) is 9.59 Å². The quantitative estimate of drug-likeness (QED) is 0.446. The summed E-state index contributed by atoms with van der Waals surface area (Å²) in [6.45, 7) is -0.484. The largest absolute Gasteiger partial charge is 0.493 e. The highest BCUT2D eigenvalue weighted by Crippen LogP contribution is 2.28. The minimum Gasteiger partial charge on any atom is -0.493 e. The van der Waals surface area contributed by atoms with E-state index >= 15 is 0 Å². The number of hydrogen-bond acceptors (Lipinski definition) is 4. The lowest BCUT2D eigenvalue weighted by molar-refractivity contribution is -0.139. The number of ketones is 1. The zero-order valence-electron chi connectivity index (χ0n) is 15.9. The molecule has 0 aliphatic carbocycles. The van der Waals surface area contributed by atoms with Crippen molar-refractivity contribution in [1.29, 1.82) is 0 Å². The summed E-state index contributed by atoms with van der Waals surface area (Å²) in [5, 5.41) is 8.71. The topological polar surface area (TPSA) is 72.8 Å². The van der Waals surface area contributed by atoms with E-state index in [4.69, 9.17) is 14.6 Å². The Kier molecular flexibility index (Phi) is 6.43. The first-order valence-electron chi connectivity index (χ1n) is 8.97. The molecule has 3 aromatic carbocycles. The van der Waals surface area contributed by atoms with E-state index in [1.807, 2.05) is 54.6 Å². The van der Waals surface area contributed by atoms with E-state index in [0.29, 0.717) is 11.3 Å². The third kappa shape index (κ3) is 5.32. The number of carbonyl (C=O) groups excluding carboxylic acids is 1. The molecule has 146 valence electrons. The van der Waals surface area contributed by atoms with Gasteiger partial charge in [0.2, 0.25) is 0 Å². The molecule has 0 radical (unpaired) electrons. The molecule has 0 fully saturated rings. The van der Waals surface area contributed by atoms with Crippen LogP contribution in [0.4, 0.5) is 0 Å². The second kappa shape index (κ2) is 9.37. The molecule has 0 amide bonds. The number of ether oxygens (including phenoxy) is 2. The Morgan fingerprint density at radius 3 is 2.24 bits per heavy atom. The molecule has 0 atom stereocenters. The van der Waals surface area contributed by atoms with Crippen LogP contribution >= 0.6 is 0 Å². The summed E-state index contributed by atoms with van der Waals surface area (Å²) in [5.74, 6) is -0.710. The zero-order valence-corrected chi connectivity index (χ0v) is 15.9. The van der Waals surface area contributed by atoms with Gasteiger partial charge in [-0.25, -0.2) is 4.79 Å². The minimum atomic E-state index is -1.09. The van der Waals surface area contributed by atoms with Gasteiger partial charge >= 0.3 is 5.97 Å². The fourth-order valence-corrected chi connectivity index (χ4v) is 2.77. The molecule has 5 heteroatoms. The molecule has 0 spiro atoms. The average molecular weight is 388 g/mol. The van der Waals surface area contributed by atoms with Gasteiger partial charge in [0.25, 0.3) is 0 Å². The molecule has 0 aliphatic rings. The number of carbonyl (C=O) groups is 2. The van der Waals surface area contributed by atoms with Gasteiger partial charge in [0, 0.05) is 5.56 Å². The summed E-state index contributed by atoms with van der Waals surface area (Å²) >= 11 is 0. The molecule has 0 saturated heterocycles. The van der Waals surface area contributed by atoms with E-state index in [-0.39, 0.29) is 11.5 Å². The second-order valence-electron chi connectivity index (χ2n) is 6.23. The molecule has 0 aliphatic heterocycles. The van der Waals surface area contributed by atoms with Gasteiger partial charge in [-0.15, -0.1) is 0 Å². The summed E-state index contributed by atoms with van der Waals surface area (Å²) < 4.78 is 10.3. The number of carboxylic acids is 1. The van der Waals surface area contributed by atoms with Crippen LogP contribution in [-0.2, 0) is 4.79 Å². The van der Waals surface area contributed by atoms with E-state index in [0.717, 1.165) is 16.7 Å². The summed E-state index contributed by atoms with van der Waals surface area (Å²) in [6, 6.07) is 22.6. The van der Waals surface area contributed by atoms with Crippen LogP contribution in [0.25, 0.3) is 17.2 Å². The SMILES string of the molecule is COc1cc(C(=O)/C=C/c2ccc(-c3ccccc3)cc2)ccc1OCC(=O)O. The maximum Gasteiger partial charge on any atom is 0.341 e. The molecule has 29 heavy (non-hydrogen) atoms. The van der Waals surface area contributed by atoms with Crippen LogP contribution in [0.5, 0.6) is 11.5 Å². The fourth-order valence-electron chi connectivity index (χ4n) is 2.77. The second-order valence-corrected chi connectivity index (χ2v) is 6.23. The van der Waals surface area contributed by atoms with Gasteiger partial charge in [0.1, 0.15) is 0 Å². The van der Waals surface area contributed by atoms with Gasteiger partial charge in [-0.2, -0.15) is 0 Å². The van der Waals surface area contributed by atoms with Crippen LogP contribution in [0.3, 0.4) is 0 Å². The van der Waals surface area contributed by atoms with Crippen LogP contribution in [0, 0.1) is 0 Å². The Labute approximate surface area is 168 Å². The molecule has 0 bridgehead atoms. The first-order valence-corrected chi connectivity index (χ1v) is 8.97. The Morgan fingerprint density at radius 2 is 1.59 bits per heavy atom. The Morgan fingerprint density at radius 1 is 0.897 bits per heavy atom. The van der Waals surface area contributed by atoms with Crippen molar-refractivity contribution in [1.82, 2.24) is 0 Å². The maximum absolute atomic E-state index is 12.5. The van der Waals surface area contributed by atoms with Crippen molar-refractivity contribution in [3.63, 3.8) is 0 Å².